The van der Waals surface area contributed by atoms with E-state index in [1.807, 2.05) is 19.0 Å². The summed E-state index contributed by atoms with van der Waals surface area (Å²) in [6.45, 7) is 4.60. The SMILES string of the molecule is CN(C)c1nccnc1N(C)CCN1CCCC1. The van der Waals surface area contributed by atoms with Crippen molar-refractivity contribution >= 4 is 11.6 Å². The van der Waals surface area contributed by atoms with Crippen LogP contribution in [-0.2, 0) is 0 Å². The topological polar surface area (TPSA) is 35.5 Å². The Bertz CT molecular complexity index is 373. The first-order valence-corrected chi connectivity index (χ1v) is 6.60. The van der Waals surface area contributed by atoms with Gasteiger partial charge in [-0.25, -0.2) is 9.97 Å². The summed E-state index contributed by atoms with van der Waals surface area (Å²) < 4.78 is 0. The van der Waals surface area contributed by atoms with Crippen LogP contribution in [0, 0.1) is 0 Å². The fourth-order valence-corrected chi connectivity index (χ4v) is 2.31. The molecule has 0 aliphatic carbocycles. The minimum Gasteiger partial charge on any atom is -0.360 e. The summed E-state index contributed by atoms with van der Waals surface area (Å²) in [4.78, 5) is 15.6. The highest BCUT2D eigenvalue weighted by Gasteiger charge is 2.15. The second kappa shape index (κ2) is 6.00. The molecular formula is C13H23N5. The highest BCUT2D eigenvalue weighted by Crippen LogP contribution is 2.20. The third-order valence-electron chi connectivity index (χ3n) is 3.40. The summed E-state index contributed by atoms with van der Waals surface area (Å²) >= 11 is 0. The molecule has 1 aromatic rings. The fourth-order valence-electron chi connectivity index (χ4n) is 2.31. The lowest BCUT2D eigenvalue weighted by Crippen LogP contribution is -2.32. The smallest absolute Gasteiger partial charge is 0.171 e. The zero-order chi connectivity index (χ0) is 13.0. The molecule has 2 rings (SSSR count). The molecule has 0 amide bonds. The normalized spacial score (nSPS) is 15.9. The molecule has 5 nitrogen and oxygen atoms in total. The summed E-state index contributed by atoms with van der Waals surface area (Å²) in [7, 11) is 6.09. The number of likely N-dealkylation sites (tertiary alicyclic amines) is 1. The number of likely N-dealkylation sites (N-methyl/N-ethyl adjacent to an activating group) is 1. The van der Waals surface area contributed by atoms with E-state index in [-0.39, 0.29) is 0 Å². The zero-order valence-corrected chi connectivity index (χ0v) is 11.6. The van der Waals surface area contributed by atoms with E-state index in [4.69, 9.17) is 0 Å². The Kier molecular flexibility index (Phi) is 4.36. The first kappa shape index (κ1) is 13.1. The van der Waals surface area contributed by atoms with Crippen LogP contribution in [-0.4, -0.2) is 62.2 Å². The molecule has 1 aliphatic rings. The summed E-state index contributed by atoms with van der Waals surface area (Å²) in [6, 6.07) is 0. The molecule has 0 N–H and O–H groups in total. The molecule has 0 saturated carbocycles. The standard InChI is InChI=1S/C13H23N5/c1-16(2)12-13(15-7-6-14-12)17(3)10-11-18-8-4-5-9-18/h6-7H,4-5,8-11H2,1-3H3. The van der Waals surface area contributed by atoms with Crippen LogP contribution in [0.25, 0.3) is 0 Å². The van der Waals surface area contributed by atoms with Crippen LogP contribution in [0.3, 0.4) is 0 Å². The van der Waals surface area contributed by atoms with Gasteiger partial charge in [-0.3, -0.25) is 0 Å². The Labute approximate surface area is 109 Å². The summed E-state index contributed by atoms with van der Waals surface area (Å²) in [6.07, 6.45) is 6.19. The van der Waals surface area contributed by atoms with Crippen LogP contribution in [0.4, 0.5) is 11.6 Å². The van der Waals surface area contributed by atoms with Gasteiger partial charge in [-0.05, 0) is 25.9 Å². The molecule has 0 aromatic carbocycles. The van der Waals surface area contributed by atoms with Crippen molar-refractivity contribution in [3.05, 3.63) is 12.4 Å². The largest absolute Gasteiger partial charge is 0.360 e. The van der Waals surface area contributed by atoms with Crippen LogP contribution in [0.15, 0.2) is 12.4 Å². The second-order valence-corrected chi connectivity index (χ2v) is 5.07. The Morgan fingerprint density at radius 1 is 1.06 bits per heavy atom. The van der Waals surface area contributed by atoms with Crippen LogP contribution in [0.2, 0.25) is 0 Å². The summed E-state index contributed by atoms with van der Waals surface area (Å²) in [5.74, 6) is 1.89. The monoisotopic (exact) mass is 249 g/mol. The van der Waals surface area contributed by atoms with Crippen LogP contribution >= 0.6 is 0 Å². The van der Waals surface area contributed by atoms with Gasteiger partial charge in [0.2, 0.25) is 0 Å². The maximum Gasteiger partial charge on any atom is 0.171 e. The van der Waals surface area contributed by atoms with E-state index in [0.717, 1.165) is 24.7 Å². The predicted octanol–water partition coefficient (Wildman–Crippen LogP) is 1.07. The van der Waals surface area contributed by atoms with E-state index in [1.165, 1.54) is 25.9 Å². The van der Waals surface area contributed by atoms with E-state index in [9.17, 15) is 0 Å². The highest BCUT2D eigenvalue weighted by atomic mass is 15.3. The van der Waals surface area contributed by atoms with Crippen molar-refractivity contribution in [3.63, 3.8) is 0 Å². The lowest BCUT2D eigenvalue weighted by molar-refractivity contribution is 0.346. The van der Waals surface area contributed by atoms with E-state index in [0.29, 0.717) is 0 Å². The molecule has 0 radical (unpaired) electrons. The molecule has 1 saturated heterocycles. The van der Waals surface area contributed by atoms with Crippen molar-refractivity contribution in [2.75, 3.05) is 57.1 Å². The molecule has 1 aromatic heterocycles. The van der Waals surface area contributed by atoms with Gasteiger partial charge in [-0.2, -0.15) is 0 Å². The fraction of sp³-hybridized carbons (Fsp3) is 0.692. The maximum absolute atomic E-state index is 4.45. The lowest BCUT2D eigenvalue weighted by atomic mass is 10.4. The number of anilines is 2. The van der Waals surface area contributed by atoms with Crippen molar-refractivity contribution < 1.29 is 0 Å². The van der Waals surface area contributed by atoms with Gasteiger partial charge in [-0.1, -0.05) is 0 Å². The molecule has 1 fully saturated rings. The average molecular weight is 249 g/mol. The molecule has 5 heteroatoms. The van der Waals surface area contributed by atoms with E-state index in [2.05, 4.69) is 26.8 Å². The molecule has 0 bridgehead atoms. The van der Waals surface area contributed by atoms with Crippen LogP contribution in [0.1, 0.15) is 12.8 Å². The summed E-state index contributed by atoms with van der Waals surface area (Å²) in [5.41, 5.74) is 0. The van der Waals surface area contributed by atoms with Crippen LogP contribution < -0.4 is 9.80 Å². The van der Waals surface area contributed by atoms with E-state index in [1.54, 1.807) is 12.4 Å². The molecule has 1 aliphatic heterocycles. The van der Waals surface area contributed by atoms with Gasteiger partial charge < -0.3 is 14.7 Å². The average Bonchev–Trinajstić information content (AvgIpc) is 2.89. The van der Waals surface area contributed by atoms with E-state index >= 15 is 0 Å². The molecule has 2 heterocycles. The van der Waals surface area contributed by atoms with Crippen molar-refractivity contribution in [2.24, 2.45) is 0 Å². The summed E-state index contributed by atoms with van der Waals surface area (Å²) in [5, 5.41) is 0. The molecular weight excluding hydrogens is 226 g/mol. The molecule has 0 unspecified atom stereocenters. The van der Waals surface area contributed by atoms with Gasteiger partial charge in [0.1, 0.15) is 0 Å². The first-order valence-electron chi connectivity index (χ1n) is 6.60. The Balaban J connectivity index is 1.97. The van der Waals surface area contributed by atoms with Gasteiger partial charge in [0, 0.05) is 46.6 Å². The molecule has 18 heavy (non-hydrogen) atoms. The maximum atomic E-state index is 4.45. The Morgan fingerprint density at radius 3 is 2.28 bits per heavy atom. The molecule has 0 atom stereocenters. The zero-order valence-electron chi connectivity index (χ0n) is 11.6. The number of rotatable bonds is 5. The number of aromatic nitrogens is 2. The Morgan fingerprint density at radius 2 is 1.67 bits per heavy atom. The first-order chi connectivity index (χ1) is 8.68. The Hall–Kier alpha value is -1.36. The van der Waals surface area contributed by atoms with Crippen molar-refractivity contribution in [2.45, 2.75) is 12.8 Å². The highest BCUT2D eigenvalue weighted by molar-refractivity contribution is 5.60. The van der Waals surface area contributed by atoms with Crippen molar-refractivity contribution in [1.29, 1.82) is 0 Å². The van der Waals surface area contributed by atoms with Crippen molar-refractivity contribution in [1.82, 2.24) is 14.9 Å². The van der Waals surface area contributed by atoms with Gasteiger partial charge in [0.15, 0.2) is 11.6 Å². The number of nitrogens with zero attached hydrogens (tertiary/aromatic N) is 5. The number of hydrogen-bond acceptors (Lipinski definition) is 5. The minimum atomic E-state index is 0.932. The van der Waals surface area contributed by atoms with Gasteiger partial charge in [0.05, 0.1) is 0 Å². The van der Waals surface area contributed by atoms with Gasteiger partial charge in [0.25, 0.3) is 0 Å². The third kappa shape index (κ3) is 3.10. The van der Waals surface area contributed by atoms with E-state index < -0.39 is 0 Å². The minimum absolute atomic E-state index is 0.932. The van der Waals surface area contributed by atoms with Crippen LogP contribution in [0.5, 0.6) is 0 Å². The molecule has 0 spiro atoms. The lowest BCUT2D eigenvalue weighted by Gasteiger charge is -2.25. The third-order valence-corrected chi connectivity index (χ3v) is 3.40. The predicted molar refractivity (Wildman–Crippen MR) is 75.3 cm³/mol. The quantitative estimate of drug-likeness (QED) is 0.780. The number of hydrogen-bond donors (Lipinski definition) is 0. The molecule has 100 valence electrons. The second-order valence-electron chi connectivity index (χ2n) is 5.07. The van der Waals surface area contributed by atoms with Crippen molar-refractivity contribution in [3.8, 4) is 0 Å². The van der Waals surface area contributed by atoms with Gasteiger partial charge in [-0.15, -0.1) is 0 Å². The van der Waals surface area contributed by atoms with Gasteiger partial charge >= 0.3 is 0 Å².